The molecule has 3 rings (SSSR count). The minimum Gasteiger partial charge on any atom is -0.0654 e. The van der Waals surface area contributed by atoms with Crippen molar-refractivity contribution in [3.05, 3.63) is 77.4 Å². The Morgan fingerprint density at radius 1 is 0.808 bits per heavy atom. The van der Waals surface area contributed by atoms with E-state index in [0.717, 1.165) is 5.92 Å². The Morgan fingerprint density at radius 2 is 1.35 bits per heavy atom. The van der Waals surface area contributed by atoms with Gasteiger partial charge in [0.25, 0.3) is 0 Å². The van der Waals surface area contributed by atoms with E-state index in [9.17, 15) is 0 Å². The van der Waals surface area contributed by atoms with Crippen LogP contribution in [0.2, 0.25) is 0 Å². The minimum atomic E-state index is 0.707. The van der Waals surface area contributed by atoms with Crippen molar-refractivity contribution < 1.29 is 0 Å². The van der Waals surface area contributed by atoms with Gasteiger partial charge in [0, 0.05) is 0 Å². The van der Waals surface area contributed by atoms with Crippen molar-refractivity contribution in [2.24, 2.45) is 11.8 Å². The average molecular weight is 347 g/mol. The number of allylic oxidation sites excluding steroid dienone is 1. The maximum atomic E-state index is 2.39. The SMILES string of the molecule is CCCC(CC)C(=C(c1ccccc1)c1ccccc1)C1CCCCC1. The normalized spacial score (nSPS) is 16.2. The van der Waals surface area contributed by atoms with Crippen molar-refractivity contribution >= 4 is 5.57 Å². The molecule has 0 aromatic heterocycles. The monoisotopic (exact) mass is 346 g/mol. The Morgan fingerprint density at radius 3 is 1.81 bits per heavy atom. The fraction of sp³-hybridized carbons (Fsp3) is 0.462. The van der Waals surface area contributed by atoms with E-state index < -0.39 is 0 Å². The molecule has 1 saturated carbocycles. The summed E-state index contributed by atoms with van der Waals surface area (Å²) in [7, 11) is 0. The highest BCUT2D eigenvalue weighted by Crippen LogP contribution is 2.43. The maximum Gasteiger partial charge on any atom is -0.0114 e. The van der Waals surface area contributed by atoms with E-state index in [2.05, 4.69) is 74.5 Å². The second-order valence-electron chi connectivity index (χ2n) is 7.79. The van der Waals surface area contributed by atoms with Crippen molar-refractivity contribution in [1.29, 1.82) is 0 Å². The quantitative estimate of drug-likeness (QED) is 0.478. The second-order valence-corrected chi connectivity index (χ2v) is 7.79. The number of hydrogen-bond acceptors (Lipinski definition) is 0. The van der Waals surface area contributed by atoms with Crippen LogP contribution in [0.15, 0.2) is 66.2 Å². The smallest absolute Gasteiger partial charge is 0.0114 e. The summed E-state index contributed by atoms with van der Waals surface area (Å²) >= 11 is 0. The van der Waals surface area contributed by atoms with Crippen molar-refractivity contribution in [1.82, 2.24) is 0 Å². The van der Waals surface area contributed by atoms with Gasteiger partial charge in [0.05, 0.1) is 0 Å². The second kappa shape index (κ2) is 9.76. The standard InChI is InChI=1S/C26H34/c1-3-14-21(4-2)25(22-15-8-5-9-16-22)26(23-17-10-6-11-18-23)24-19-12-7-13-20-24/h6-7,10-13,17-22H,3-5,8-9,14-16H2,1-2H3. The molecule has 0 amide bonds. The first-order valence-corrected chi connectivity index (χ1v) is 10.7. The maximum absolute atomic E-state index is 2.39. The Labute approximate surface area is 160 Å². The lowest BCUT2D eigenvalue weighted by Gasteiger charge is -2.33. The molecule has 0 N–H and O–H groups in total. The summed E-state index contributed by atoms with van der Waals surface area (Å²) in [5, 5.41) is 0. The van der Waals surface area contributed by atoms with Crippen molar-refractivity contribution in [3.63, 3.8) is 0 Å². The Bertz CT molecular complexity index is 626. The molecule has 2 aromatic carbocycles. The molecular formula is C26H34. The molecule has 0 spiro atoms. The van der Waals surface area contributed by atoms with Crippen molar-refractivity contribution in [3.8, 4) is 0 Å². The molecule has 1 aliphatic carbocycles. The topological polar surface area (TPSA) is 0 Å². The van der Waals surface area contributed by atoms with Gasteiger partial charge in [-0.25, -0.2) is 0 Å². The van der Waals surface area contributed by atoms with Gasteiger partial charge < -0.3 is 0 Å². The third-order valence-electron chi connectivity index (χ3n) is 6.03. The molecule has 1 unspecified atom stereocenters. The summed E-state index contributed by atoms with van der Waals surface area (Å²) < 4.78 is 0. The van der Waals surface area contributed by atoms with E-state index in [0.29, 0.717) is 5.92 Å². The highest BCUT2D eigenvalue weighted by atomic mass is 14.3. The molecule has 0 radical (unpaired) electrons. The van der Waals surface area contributed by atoms with Crippen LogP contribution < -0.4 is 0 Å². The van der Waals surface area contributed by atoms with E-state index in [1.165, 1.54) is 68.1 Å². The van der Waals surface area contributed by atoms with Gasteiger partial charge in [-0.05, 0) is 54.2 Å². The van der Waals surface area contributed by atoms with Crippen LogP contribution >= 0.6 is 0 Å². The van der Waals surface area contributed by atoms with Gasteiger partial charge >= 0.3 is 0 Å². The lowest BCUT2D eigenvalue weighted by molar-refractivity contribution is 0.360. The van der Waals surface area contributed by atoms with E-state index in [1.54, 1.807) is 5.57 Å². The molecule has 0 aliphatic heterocycles. The Balaban J connectivity index is 2.20. The van der Waals surface area contributed by atoms with Gasteiger partial charge in [0.15, 0.2) is 0 Å². The summed E-state index contributed by atoms with van der Waals surface area (Å²) in [5.74, 6) is 1.47. The molecule has 1 fully saturated rings. The first kappa shape index (κ1) is 19.0. The number of rotatable bonds is 7. The summed E-state index contributed by atoms with van der Waals surface area (Å²) in [5.41, 5.74) is 6.08. The van der Waals surface area contributed by atoms with Gasteiger partial charge in [-0.2, -0.15) is 0 Å². The van der Waals surface area contributed by atoms with Crippen molar-refractivity contribution in [2.45, 2.75) is 65.2 Å². The van der Waals surface area contributed by atoms with Gasteiger partial charge in [-0.15, -0.1) is 0 Å². The first-order valence-electron chi connectivity index (χ1n) is 10.7. The molecule has 0 heterocycles. The van der Waals surface area contributed by atoms with Crippen LogP contribution in [-0.2, 0) is 0 Å². The summed E-state index contributed by atoms with van der Waals surface area (Å²) in [4.78, 5) is 0. The number of benzene rings is 2. The van der Waals surface area contributed by atoms with E-state index in [-0.39, 0.29) is 0 Å². The average Bonchev–Trinajstić information content (AvgIpc) is 2.72. The summed E-state index contributed by atoms with van der Waals surface area (Å²) in [6.07, 6.45) is 10.8. The minimum absolute atomic E-state index is 0.707. The number of hydrogen-bond donors (Lipinski definition) is 0. The Kier molecular flexibility index (Phi) is 7.12. The van der Waals surface area contributed by atoms with Gasteiger partial charge in [0.1, 0.15) is 0 Å². The zero-order chi connectivity index (χ0) is 18.2. The van der Waals surface area contributed by atoms with Crippen LogP contribution in [0.5, 0.6) is 0 Å². The highest BCUT2D eigenvalue weighted by molar-refractivity contribution is 5.82. The molecule has 1 atom stereocenters. The lowest BCUT2D eigenvalue weighted by Crippen LogP contribution is -2.18. The fourth-order valence-corrected chi connectivity index (χ4v) is 4.79. The van der Waals surface area contributed by atoms with E-state index >= 15 is 0 Å². The van der Waals surface area contributed by atoms with Crippen LogP contribution in [0.1, 0.15) is 76.3 Å². The predicted octanol–water partition coefficient (Wildman–Crippen LogP) is 7.90. The predicted molar refractivity (Wildman–Crippen MR) is 114 cm³/mol. The van der Waals surface area contributed by atoms with Crippen LogP contribution in [0.4, 0.5) is 0 Å². The molecule has 138 valence electrons. The largest absolute Gasteiger partial charge is 0.0654 e. The van der Waals surface area contributed by atoms with Crippen LogP contribution in [0, 0.1) is 11.8 Å². The molecule has 0 heteroatoms. The third-order valence-corrected chi connectivity index (χ3v) is 6.03. The van der Waals surface area contributed by atoms with Gasteiger partial charge in [0.2, 0.25) is 0 Å². The first-order chi connectivity index (χ1) is 12.8. The van der Waals surface area contributed by atoms with Gasteiger partial charge in [-0.3, -0.25) is 0 Å². The molecule has 0 saturated heterocycles. The summed E-state index contributed by atoms with van der Waals surface area (Å²) in [6, 6.07) is 22.3. The lowest BCUT2D eigenvalue weighted by atomic mass is 9.72. The molecule has 0 nitrogen and oxygen atoms in total. The zero-order valence-corrected chi connectivity index (χ0v) is 16.6. The van der Waals surface area contributed by atoms with E-state index in [4.69, 9.17) is 0 Å². The van der Waals surface area contributed by atoms with E-state index in [1.807, 2.05) is 0 Å². The molecule has 0 bridgehead atoms. The molecular weight excluding hydrogens is 312 g/mol. The highest BCUT2D eigenvalue weighted by Gasteiger charge is 2.27. The van der Waals surface area contributed by atoms with Crippen LogP contribution in [0.3, 0.4) is 0 Å². The third kappa shape index (κ3) is 4.47. The summed E-state index contributed by atoms with van der Waals surface area (Å²) in [6.45, 7) is 4.72. The van der Waals surface area contributed by atoms with Crippen molar-refractivity contribution in [2.75, 3.05) is 0 Å². The molecule has 26 heavy (non-hydrogen) atoms. The zero-order valence-electron chi connectivity index (χ0n) is 16.6. The Hall–Kier alpha value is -1.82. The fourth-order valence-electron chi connectivity index (χ4n) is 4.79. The van der Waals surface area contributed by atoms with Crippen LogP contribution in [-0.4, -0.2) is 0 Å². The molecule has 2 aromatic rings. The van der Waals surface area contributed by atoms with Crippen LogP contribution in [0.25, 0.3) is 5.57 Å². The van der Waals surface area contributed by atoms with Gasteiger partial charge in [-0.1, -0.05) is 106 Å². The molecule has 1 aliphatic rings.